The van der Waals surface area contributed by atoms with E-state index in [2.05, 4.69) is 83.8 Å². The summed E-state index contributed by atoms with van der Waals surface area (Å²) in [5.74, 6) is -0.189. The molecular formula is C31H23FN2. The molecule has 0 saturated carbocycles. The van der Waals surface area contributed by atoms with Gasteiger partial charge in [0, 0.05) is 40.4 Å². The van der Waals surface area contributed by atoms with Gasteiger partial charge in [0.05, 0.1) is 11.2 Å². The SMILES string of the molecule is Fc1ccc2ccc(CC(c3ccccc3)c3c(-c4ccccc4)[nH]c4ccccc34)nc2c1. The fraction of sp³-hybridized carbons (Fsp3) is 0.0645. The Hall–Kier alpha value is -4.24. The molecule has 2 aromatic heterocycles. The molecule has 0 aliphatic heterocycles. The lowest BCUT2D eigenvalue weighted by molar-refractivity contribution is 0.629. The van der Waals surface area contributed by atoms with Crippen molar-refractivity contribution >= 4 is 21.8 Å². The number of H-pyrrole nitrogens is 1. The minimum Gasteiger partial charge on any atom is -0.354 e. The van der Waals surface area contributed by atoms with Crippen LogP contribution in [-0.4, -0.2) is 9.97 Å². The third kappa shape index (κ3) is 3.75. The summed E-state index contributed by atoms with van der Waals surface area (Å²) in [5, 5.41) is 2.15. The molecule has 0 saturated heterocycles. The van der Waals surface area contributed by atoms with Crippen molar-refractivity contribution < 1.29 is 4.39 Å². The molecule has 0 radical (unpaired) electrons. The first-order chi connectivity index (χ1) is 16.8. The Kier molecular flexibility index (Phi) is 5.15. The molecule has 34 heavy (non-hydrogen) atoms. The van der Waals surface area contributed by atoms with Gasteiger partial charge in [0.1, 0.15) is 5.82 Å². The van der Waals surface area contributed by atoms with Crippen LogP contribution in [-0.2, 0) is 6.42 Å². The number of aromatic amines is 1. The Morgan fingerprint density at radius 2 is 1.44 bits per heavy atom. The summed E-state index contributed by atoms with van der Waals surface area (Å²) in [6.45, 7) is 0. The highest BCUT2D eigenvalue weighted by molar-refractivity contribution is 5.92. The highest BCUT2D eigenvalue weighted by Crippen LogP contribution is 2.40. The van der Waals surface area contributed by atoms with Crippen LogP contribution in [0.3, 0.4) is 0 Å². The van der Waals surface area contributed by atoms with Gasteiger partial charge in [-0.25, -0.2) is 4.39 Å². The van der Waals surface area contributed by atoms with E-state index in [1.54, 1.807) is 6.07 Å². The summed E-state index contributed by atoms with van der Waals surface area (Å²) in [6.07, 6.45) is 0.706. The molecule has 0 aliphatic carbocycles. The summed E-state index contributed by atoms with van der Waals surface area (Å²) >= 11 is 0. The highest BCUT2D eigenvalue weighted by Gasteiger charge is 2.24. The number of hydrogen-bond acceptors (Lipinski definition) is 1. The van der Waals surface area contributed by atoms with Gasteiger partial charge >= 0.3 is 0 Å². The molecule has 3 heteroatoms. The first-order valence-electron chi connectivity index (χ1n) is 11.5. The Morgan fingerprint density at radius 1 is 0.735 bits per heavy atom. The smallest absolute Gasteiger partial charge is 0.125 e. The maximum atomic E-state index is 13.9. The van der Waals surface area contributed by atoms with Gasteiger partial charge in [-0.1, -0.05) is 84.9 Å². The van der Waals surface area contributed by atoms with Crippen LogP contribution in [0, 0.1) is 5.82 Å². The molecule has 1 unspecified atom stereocenters. The number of fused-ring (bicyclic) bond motifs is 2. The molecule has 2 nitrogen and oxygen atoms in total. The van der Waals surface area contributed by atoms with Crippen molar-refractivity contribution in [2.75, 3.05) is 0 Å². The molecule has 0 fully saturated rings. The van der Waals surface area contributed by atoms with E-state index in [-0.39, 0.29) is 11.7 Å². The maximum absolute atomic E-state index is 13.9. The van der Waals surface area contributed by atoms with E-state index in [1.165, 1.54) is 28.6 Å². The van der Waals surface area contributed by atoms with Gasteiger partial charge in [0.2, 0.25) is 0 Å². The minimum absolute atomic E-state index is 0.0751. The number of aromatic nitrogens is 2. The molecule has 1 atom stereocenters. The number of benzene rings is 4. The van der Waals surface area contributed by atoms with Crippen molar-refractivity contribution in [3.8, 4) is 11.3 Å². The van der Waals surface area contributed by atoms with E-state index in [1.807, 2.05) is 18.2 Å². The van der Waals surface area contributed by atoms with Gasteiger partial charge in [-0.2, -0.15) is 0 Å². The summed E-state index contributed by atoms with van der Waals surface area (Å²) in [5.41, 5.74) is 7.51. The van der Waals surface area contributed by atoms with E-state index in [0.29, 0.717) is 11.9 Å². The van der Waals surface area contributed by atoms with Crippen molar-refractivity contribution in [3.63, 3.8) is 0 Å². The molecule has 4 aromatic carbocycles. The van der Waals surface area contributed by atoms with Crippen molar-refractivity contribution in [3.05, 3.63) is 138 Å². The third-order valence-corrected chi connectivity index (χ3v) is 6.48. The zero-order valence-electron chi connectivity index (χ0n) is 18.6. The van der Waals surface area contributed by atoms with E-state index in [4.69, 9.17) is 4.98 Å². The lowest BCUT2D eigenvalue weighted by Gasteiger charge is -2.20. The zero-order valence-corrected chi connectivity index (χ0v) is 18.6. The fourth-order valence-electron chi connectivity index (χ4n) is 4.89. The van der Waals surface area contributed by atoms with Crippen molar-refractivity contribution in [2.24, 2.45) is 0 Å². The molecule has 164 valence electrons. The Bertz CT molecular complexity index is 1590. The van der Waals surface area contributed by atoms with Crippen LogP contribution < -0.4 is 0 Å². The predicted octanol–water partition coefficient (Wildman–Crippen LogP) is 7.90. The van der Waals surface area contributed by atoms with E-state index in [0.717, 1.165) is 27.9 Å². The second-order valence-corrected chi connectivity index (χ2v) is 8.63. The highest BCUT2D eigenvalue weighted by atomic mass is 19.1. The molecule has 1 N–H and O–H groups in total. The van der Waals surface area contributed by atoms with Crippen LogP contribution in [0.4, 0.5) is 4.39 Å². The van der Waals surface area contributed by atoms with Gasteiger partial charge in [0.25, 0.3) is 0 Å². The number of rotatable bonds is 5. The number of para-hydroxylation sites is 1. The van der Waals surface area contributed by atoms with Gasteiger partial charge in [-0.3, -0.25) is 4.98 Å². The first kappa shape index (κ1) is 20.4. The Morgan fingerprint density at radius 3 is 2.26 bits per heavy atom. The quantitative estimate of drug-likeness (QED) is 0.289. The normalized spacial score (nSPS) is 12.3. The van der Waals surface area contributed by atoms with Crippen LogP contribution in [0.25, 0.3) is 33.1 Å². The Balaban J connectivity index is 1.55. The first-order valence-corrected chi connectivity index (χ1v) is 11.5. The van der Waals surface area contributed by atoms with E-state index >= 15 is 0 Å². The molecule has 0 bridgehead atoms. The van der Waals surface area contributed by atoms with Crippen molar-refractivity contribution in [1.82, 2.24) is 9.97 Å². The zero-order chi connectivity index (χ0) is 22.9. The predicted molar refractivity (Wildman–Crippen MR) is 137 cm³/mol. The molecule has 6 aromatic rings. The van der Waals surface area contributed by atoms with Crippen LogP contribution in [0.1, 0.15) is 22.7 Å². The number of hydrogen-bond donors (Lipinski definition) is 1. The van der Waals surface area contributed by atoms with Crippen molar-refractivity contribution in [1.29, 1.82) is 0 Å². The average Bonchev–Trinajstić information content (AvgIpc) is 3.27. The fourth-order valence-corrected chi connectivity index (χ4v) is 4.89. The van der Waals surface area contributed by atoms with Crippen LogP contribution >= 0.6 is 0 Å². The number of nitrogens with one attached hydrogen (secondary N) is 1. The van der Waals surface area contributed by atoms with Crippen LogP contribution in [0.15, 0.2) is 115 Å². The Labute approximate surface area is 197 Å². The van der Waals surface area contributed by atoms with Crippen molar-refractivity contribution in [2.45, 2.75) is 12.3 Å². The molecule has 0 aliphatic rings. The monoisotopic (exact) mass is 442 g/mol. The summed E-state index contributed by atoms with van der Waals surface area (Å²) in [6, 6.07) is 38.4. The number of nitrogens with zero attached hydrogens (tertiary/aromatic N) is 1. The van der Waals surface area contributed by atoms with E-state index in [9.17, 15) is 4.39 Å². The number of pyridine rings is 1. The van der Waals surface area contributed by atoms with Gasteiger partial charge in [0.15, 0.2) is 0 Å². The summed E-state index contributed by atoms with van der Waals surface area (Å²) in [4.78, 5) is 8.53. The lowest BCUT2D eigenvalue weighted by Crippen LogP contribution is -2.07. The maximum Gasteiger partial charge on any atom is 0.125 e. The second-order valence-electron chi connectivity index (χ2n) is 8.63. The lowest BCUT2D eigenvalue weighted by atomic mass is 9.84. The molecule has 0 amide bonds. The third-order valence-electron chi connectivity index (χ3n) is 6.48. The van der Waals surface area contributed by atoms with Gasteiger partial charge in [-0.05, 0) is 41.0 Å². The topological polar surface area (TPSA) is 28.7 Å². The van der Waals surface area contributed by atoms with Crippen LogP contribution in [0.2, 0.25) is 0 Å². The summed E-state index contributed by atoms with van der Waals surface area (Å²) in [7, 11) is 0. The number of halogens is 1. The molecule has 0 spiro atoms. The second kappa shape index (κ2) is 8.60. The average molecular weight is 443 g/mol. The summed E-state index contributed by atoms with van der Waals surface area (Å²) < 4.78 is 13.9. The van der Waals surface area contributed by atoms with Gasteiger partial charge < -0.3 is 4.98 Å². The minimum atomic E-state index is -0.264. The largest absolute Gasteiger partial charge is 0.354 e. The van der Waals surface area contributed by atoms with E-state index < -0.39 is 0 Å². The van der Waals surface area contributed by atoms with Gasteiger partial charge in [-0.15, -0.1) is 0 Å². The molecule has 2 heterocycles. The standard InChI is InChI=1S/C31H23FN2/c32-24-17-15-22-16-18-25(33-29(22)19-24)20-27(21-9-3-1-4-10-21)30-26-13-7-8-14-28(26)34-31(30)23-11-5-2-6-12-23/h1-19,27,34H,20H2. The molecule has 6 rings (SSSR count). The molecular weight excluding hydrogens is 419 g/mol. The van der Waals surface area contributed by atoms with Crippen LogP contribution in [0.5, 0.6) is 0 Å².